The average molecular weight is 260 g/mol. The van der Waals surface area contributed by atoms with Crippen molar-refractivity contribution >= 4 is 10.0 Å². The molecule has 4 N–H and O–H groups in total. The minimum absolute atomic E-state index is 0.00591. The fourth-order valence-corrected chi connectivity index (χ4v) is 1.79. The van der Waals surface area contributed by atoms with Crippen molar-refractivity contribution in [3.8, 4) is 5.75 Å². The van der Waals surface area contributed by atoms with Crippen LogP contribution in [0.25, 0.3) is 0 Å². The minimum atomic E-state index is -3.86. The third-order valence-corrected chi connectivity index (χ3v) is 2.94. The van der Waals surface area contributed by atoms with Gasteiger partial charge in [0.05, 0.1) is 6.33 Å². The molecule has 1 aromatic rings. The van der Waals surface area contributed by atoms with Gasteiger partial charge in [-0.15, -0.1) is 0 Å². The molecule has 1 rings (SSSR count). The molecule has 0 aliphatic carbocycles. The number of benzene rings is 1. The first-order valence-electron chi connectivity index (χ1n) is 4.72. The lowest BCUT2D eigenvalue weighted by Gasteiger charge is -2.10. The Morgan fingerprint density at radius 2 is 2.06 bits per heavy atom. The maximum Gasteiger partial charge on any atom is 0.241 e. The van der Waals surface area contributed by atoms with Crippen LogP contribution in [0.1, 0.15) is 0 Å². The molecule has 0 aromatic heterocycles. The van der Waals surface area contributed by atoms with Gasteiger partial charge in [-0.3, -0.25) is 0 Å². The summed E-state index contributed by atoms with van der Waals surface area (Å²) in [5.41, 5.74) is 5.46. The number of hydrogen-bond acceptors (Lipinski definition) is 4. The van der Waals surface area contributed by atoms with Crippen LogP contribution < -0.4 is 15.6 Å². The fraction of sp³-hybridized carbons (Fsp3) is 0.200. The molecule has 1 aromatic carbocycles. The number of nitrogens with two attached hydrogens (primary N) is 2. The Balaban J connectivity index is 2.93. The van der Waals surface area contributed by atoms with Gasteiger partial charge in [0, 0.05) is 12.1 Å². The number of halogens is 1. The van der Waals surface area contributed by atoms with Crippen molar-refractivity contribution in [3.63, 3.8) is 0 Å². The van der Waals surface area contributed by atoms with E-state index in [0.717, 1.165) is 0 Å². The summed E-state index contributed by atoms with van der Waals surface area (Å²) >= 11 is 0. The van der Waals surface area contributed by atoms with E-state index in [9.17, 15) is 12.8 Å². The molecular formula is C10H13FN2O3S. The van der Waals surface area contributed by atoms with Crippen LogP contribution in [0.5, 0.6) is 5.75 Å². The number of ether oxygens (including phenoxy) is 1. The highest BCUT2D eigenvalue weighted by atomic mass is 32.2. The van der Waals surface area contributed by atoms with Crippen molar-refractivity contribution < 1.29 is 17.5 Å². The lowest BCUT2D eigenvalue weighted by Crippen LogP contribution is -2.16. The molecule has 0 bridgehead atoms. The van der Waals surface area contributed by atoms with Gasteiger partial charge in [0.2, 0.25) is 10.0 Å². The van der Waals surface area contributed by atoms with Crippen molar-refractivity contribution in [1.29, 1.82) is 0 Å². The third kappa shape index (κ3) is 3.81. The standard InChI is InChI=1S/C10H13FN2O3S/c11-5-8(6-12)7-16-9-3-1-2-4-10(9)17(13,14)15/h1-5H,6-7,12H2,(H2,13,14,15)/b8-5+. The van der Waals surface area contributed by atoms with Crippen molar-refractivity contribution in [2.45, 2.75) is 4.90 Å². The van der Waals surface area contributed by atoms with E-state index in [1.54, 1.807) is 6.07 Å². The Labute approximate surface area is 98.9 Å². The van der Waals surface area contributed by atoms with E-state index in [0.29, 0.717) is 6.33 Å². The normalized spacial score (nSPS) is 12.5. The second-order valence-corrected chi connectivity index (χ2v) is 4.78. The minimum Gasteiger partial charge on any atom is -0.488 e. The van der Waals surface area contributed by atoms with Gasteiger partial charge in [-0.1, -0.05) is 12.1 Å². The number of hydrogen-bond donors (Lipinski definition) is 2. The molecule has 5 nitrogen and oxygen atoms in total. The van der Waals surface area contributed by atoms with Crippen LogP contribution in [0.3, 0.4) is 0 Å². The van der Waals surface area contributed by atoms with Gasteiger partial charge in [0.1, 0.15) is 17.3 Å². The van der Waals surface area contributed by atoms with Crippen LogP contribution in [0.4, 0.5) is 4.39 Å². The van der Waals surface area contributed by atoms with E-state index >= 15 is 0 Å². The van der Waals surface area contributed by atoms with Crippen LogP contribution in [-0.2, 0) is 10.0 Å². The Morgan fingerprint density at radius 3 is 2.59 bits per heavy atom. The van der Waals surface area contributed by atoms with Crippen molar-refractivity contribution in [1.82, 2.24) is 0 Å². The highest BCUT2D eigenvalue weighted by Gasteiger charge is 2.14. The smallest absolute Gasteiger partial charge is 0.241 e. The van der Waals surface area contributed by atoms with E-state index in [-0.39, 0.29) is 29.4 Å². The van der Waals surface area contributed by atoms with Gasteiger partial charge in [-0.2, -0.15) is 0 Å². The molecule has 94 valence electrons. The molecule has 0 atom stereocenters. The van der Waals surface area contributed by atoms with Gasteiger partial charge in [-0.25, -0.2) is 17.9 Å². The fourth-order valence-electron chi connectivity index (χ4n) is 1.11. The largest absolute Gasteiger partial charge is 0.488 e. The van der Waals surface area contributed by atoms with Crippen LogP contribution in [0, 0.1) is 0 Å². The molecule has 0 unspecified atom stereocenters. The van der Waals surface area contributed by atoms with E-state index in [1.165, 1.54) is 18.2 Å². The number of rotatable bonds is 5. The molecule has 0 fully saturated rings. The SMILES string of the molecule is NC/C(=C\F)COc1ccccc1S(N)(=O)=O. The molecule has 0 saturated heterocycles. The molecule has 17 heavy (non-hydrogen) atoms. The lowest BCUT2D eigenvalue weighted by molar-refractivity contribution is 0.338. The predicted octanol–water partition coefficient (Wildman–Crippen LogP) is 0.525. The van der Waals surface area contributed by atoms with E-state index < -0.39 is 10.0 Å². The van der Waals surface area contributed by atoms with Gasteiger partial charge < -0.3 is 10.5 Å². The first-order valence-corrected chi connectivity index (χ1v) is 6.26. The second kappa shape index (κ2) is 5.76. The van der Waals surface area contributed by atoms with Crippen molar-refractivity contribution in [3.05, 3.63) is 36.2 Å². The van der Waals surface area contributed by atoms with Crippen molar-refractivity contribution in [2.24, 2.45) is 10.9 Å². The lowest BCUT2D eigenvalue weighted by atomic mass is 10.3. The Bertz CT molecular complexity index is 514. The second-order valence-electron chi connectivity index (χ2n) is 3.25. The summed E-state index contributed by atoms with van der Waals surface area (Å²) in [7, 11) is -3.86. The Kier molecular flexibility index (Phi) is 4.62. The zero-order chi connectivity index (χ0) is 12.9. The molecule has 0 aliphatic heterocycles. The summed E-state index contributed by atoms with van der Waals surface area (Å²) in [4.78, 5) is -0.143. The van der Waals surface area contributed by atoms with Gasteiger partial charge >= 0.3 is 0 Å². The topological polar surface area (TPSA) is 95.4 Å². The van der Waals surface area contributed by atoms with Crippen LogP contribution in [-0.4, -0.2) is 21.6 Å². The molecule has 0 amide bonds. The van der Waals surface area contributed by atoms with E-state index in [1.807, 2.05) is 0 Å². The Hall–Kier alpha value is -1.44. The summed E-state index contributed by atoms with van der Waals surface area (Å²) in [5.74, 6) is 0.0720. The highest BCUT2D eigenvalue weighted by Crippen LogP contribution is 2.22. The van der Waals surface area contributed by atoms with Gasteiger partial charge in [-0.05, 0) is 12.1 Å². The number of sulfonamides is 1. The first-order chi connectivity index (χ1) is 7.99. The number of primary sulfonamides is 1. The summed E-state index contributed by atoms with van der Waals surface area (Å²) in [6, 6.07) is 5.85. The first kappa shape index (κ1) is 13.6. The average Bonchev–Trinajstić information content (AvgIpc) is 2.29. The zero-order valence-corrected chi connectivity index (χ0v) is 9.78. The van der Waals surface area contributed by atoms with Crippen LogP contribution >= 0.6 is 0 Å². The number of para-hydroxylation sites is 1. The molecule has 0 radical (unpaired) electrons. The summed E-state index contributed by atoms with van der Waals surface area (Å²) < 4.78 is 39.8. The predicted molar refractivity (Wildman–Crippen MR) is 61.6 cm³/mol. The highest BCUT2D eigenvalue weighted by molar-refractivity contribution is 7.89. The zero-order valence-electron chi connectivity index (χ0n) is 8.97. The molecule has 0 saturated carbocycles. The maximum absolute atomic E-state index is 12.2. The summed E-state index contributed by atoms with van der Waals surface area (Å²) in [5, 5.41) is 5.01. The molecule has 7 heteroatoms. The quantitative estimate of drug-likeness (QED) is 0.807. The maximum atomic E-state index is 12.2. The summed E-state index contributed by atoms with van der Waals surface area (Å²) in [6.45, 7) is -0.131. The molecule has 0 heterocycles. The third-order valence-electron chi connectivity index (χ3n) is 1.99. The molecule has 0 aliphatic rings. The van der Waals surface area contributed by atoms with Crippen LogP contribution in [0.15, 0.2) is 41.1 Å². The monoisotopic (exact) mass is 260 g/mol. The summed E-state index contributed by atoms with van der Waals surface area (Å²) in [6.07, 6.45) is 0.333. The molecule has 0 spiro atoms. The van der Waals surface area contributed by atoms with E-state index in [4.69, 9.17) is 15.6 Å². The molecular weight excluding hydrogens is 247 g/mol. The van der Waals surface area contributed by atoms with Crippen molar-refractivity contribution in [2.75, 3.05) is 13.2 Å². The Morgan fingerprint density at radius 1 is 1.41 bits per heavy atom. The van der Waals surface area contributed by atoms with Gasteiger partial charge in [0.25, 0.3) is 0 Å². The van der Waals surface area contributed by atoms with Crippen LogP contribution in [0.2, 0.25) is 0 Å². The van der Waals surface area contributed by atoms with E-state index in [2.05, 4.69) is 0 Å². The van der Waals surface area contributed by atoms with Gasteiger partial charge in [0.15, 0.2) is 0 Å².